The van der Waals surface area contributed by atoms with Gasteiger partial charge in [0, 0.05) is 6.42 Å². The number of carbonyl (C=O) groups is 1. The zero-order chi connectivity index (χ0) is 7.84. The molecule has 2 heteroatoms. The highest BCUT2D eigenvalue weighted by molar-refractivity contribution is 8.02. The summed E-state index contributed by atoms with van der Waals surface area (Å²) in [5, 5.41) is 0. The maximum absolute atomic E-state index is 11.0. The molecule has 11 heavy (non-hydrogen) atoms. The van der Waals surface area contributed by atoms with E-state index >= 15 is 0 Å². The molecule has 0 heterocycles. The second kappa shape index (κ2) is 2.52. The average molecular weight is 166 g/mol. The molecule has 0 aromatic heterocycles. The Balaban J connectivity index is 2.37. The lowest BCUT2D eigenvalue weighted by molar-refractivity contribution is -0.113. The van der Waals surface area contributed by atoms with Gasteiger partial charge in [-0.2, -0.15) is 0 Å². The minimum Gasteiger partial charge on any atom is -0.294 e. The number of fused-ring (bicyclic) bond motifs is 1. The fourth-order valence-corrected chi connectivity index (χ4v) is 2.50. The fourth-order valence-electron chi connectivity index (χ4n) is 1.75. The molecule has 58 valence electrons. The smallest absolute Gasteiger partial charge is 0.160 e. The van der Waals surface area contributed by atoms with Gasteiger partial charge in [-0.25, -0.2) is 0 Å². The molecule has 0 aliphatic heterocycles. The van der Waals surface area contributed by atoms with E-state index in [-0.39, 0.29) is 0 Å². The van der Waals surface area contributed by atoms with Crippen molar-refractivity contribution in [3.63, 3.8) is 0 Å². The van der Waals surface area contributed by atoms with Gasteiger partial charge in [-0.3, -0.25) is 4.79 Å². The number of rotatable bonds is 1. The first-order chi connectivity index (χ1) is 5.31. The van der Waals surface area contributed by atoms with E-state index in [0.29, 0.717) is 12.2 Å². The van der Waals surface area contributed by atoms with Crippen molar-refractivity contribution in [2.24, 2.45) is 0 Å². The summed E-state index contributed by atoms with van der Waals surface area (Å²) in [6, 6.07) is 0. The van der Waals surface area contributed by atoms with Gasteiger partial charge in [0.05, 0.1) is 0 Å². The van der Waals surface area contributed by atoms with Gasteiger partial charge in [0.2, 0.25) is 0 Å². The summed E-state index contributed by atoms with van der Waals surface area (Å²) in [4.78, 5) is 12.4. The monoisotopic (exact) mass is 166 g/mol. The molecule has 0 aromatic rings. The fraction of sp³-hybridized carbons (Fsp3) is 0.444. The quantitative estimate of drug-likeness (QED) is 0.594. The summed E-state index contributed by atoms with van der Waals surface area (Å²) in [5.74, 6) is 0.293. The number of hydrogen-bond acceptors (Lipinski definition) is 2. The highest BCUT2D eigenvalue weighted by atomic mass is 32.2. The lowest BCUT2D eigenvalue weighted by Crippen LogP contribution is -1.85. The predicted octanol–water partition coefficient (Wildman–Crippen LogP) is 2.30. The Labute approximate surface area is 70.6 Å². The Hall–Kier alpha value is -0.500. The van der Waals surface area contributed by atoms with E-state index in [9.17, 15) is 4.79 Å². The lowest BCUT2D eigenvalue weighted by atomic mass is 10.2. The van der Waals surface area contributed by atoms with Crippen LogP contribution in [-0.4, -0.2) is 12.0 Å². The number of ketones is 1. The molecule has 0 bridgehead atoms. The Morgan fingerprint density at radius 2 is 2.27 bits per heavy atom. The molecular weight excluding hydrogens is 156 g/mol. The van der Waals surface area contributed by atoms with E-state index in [2.05, 4.69) is 6.26 Å². The summed E-state index contributed by atoms with van der Waals surface area (Å²) in [7, 11) is 0. The first-order valence-electron chi connectivity index (χ1n) is 3.81. The third-order valence-electron chi connectivity index (χ3n) is 2.28. The third-order valence-corrected chi connectivity index (χ3v) is 3.22. The molecule has 0 radical (unpaired) electrons. The Morgan fingerprint density at radius 1 is 1.45 bits per heavy atom. The second-order valence-corrected chi connectivity index (χ2v) is 3.82. The second-order valence-electron chi connectivity index (χ2n) is 2.92. The molecule has 0 aromatic carbocycles. The molecule has 0 fully saturated rings. The van der Waals surface area contributed by atoms with Gasteiger partial charge < -0.3 is 0 Å². The van der Waals surface area contributed by atoms with E-state index in [1.165, 1.54) is 16.1 Å². The van der Waals surface area contributed by atoms with Crippen molar-refractivity contribution >= 4 is 17.5 Å². The highest BCUT2D eigenvalue weighted by Gasteiger charge is 2.25. The standard InChI is InChI=1S/C9H10OS/c1-11-9-3-2-6-4-7(10)5-8(6)9/h4H,2-3,5H2,1H3. The van der Waals surface area contributed by atoms with Crippen LogP contribution in [0.15, 0.2) is 22.1 Å². The summed E-state index contributed by atoms with van der Waals surface area (Å²) in [5.41, 5.74) is 2.64. The molecule has 0 spiro atoms. The van der Waals surface area contributed by atoms with Gasteiger partial charge in [0.25, 0.3) is 0 Å². The minimum atomic E-state index is 0.293. The van der Waals surface area contributed by atoms with Crippen molar-refractivity contribution in [3.8, 4) is 0 Å². The first kappa shape index (κ1) is 7.17. The number of carbonyl (C=O) groups excluding carboxylic acids is 1. The molecule has 0 atom stereocenters. The maximum Gasteiger partial charge on any atom is 0.160 e. The molecule has 1 nitrogen and oxygen atoms in total. The van der Waals surface area contributed by atoms with Crippen LogP contribution >= 0.6 is 11.8 Å². The van der Waals surface area contributed by atoms with Gasteiger partial charge in [0.1, 0.15) is 0 Å². The molecule has 0 amide bonds. The Kier molecular flexibility index (Phi) is 1.64. The lowest BCUT2D eigenvalue weighted by Gasteiger charge is -1.96. The normalized spacial score (nSPS) is 22.6. The van der Waals surface area contributed by atoms with Crippen LogP contribution < -0.4 is 0 Å². The van der Waals surface area contributed by atoms with Crippen LogP contribution in [0, 0.1) is 0 Å². The summed E-state index contributed by atoms with van der Waals surface area (Å²) in [6.45, 7) is 0. The molecule has 0 saturated heterocycles. The van der Waals surface area contributed by atoms with Crippen LogP contribution in [0.1, 0.15) is 19.3 Å². The minimum absolute atomic E-state index is 0.293. The number of thioether (sulfide) groups is 1. The van der Waals surface area contributed by atoms with Crippen molar-refractivity contribution in [1.82, 2.24) is 0 Å². The number of allylic oxidation sites excluding steroid dienone is 4. The Morgan fingerprint density at radius 3 is 3.00 bits per heavy atom. The maximum atomic E-state index is 11.0. The van der Waals surface area contributed by atoms with Crippen LogP contribution in [0.2, 0.25) is 0 Å². The molecule has 2 aliphatic carbocycles. The summed E-state index contributed by atoms with van der Waals surface area (Å²) in [6.07, 6.45) is 6.84. The SMILES string of the molecule is CSC1=C2CC(=O)C=C2CC1. The predicted molar refractivity (Wildman–Crippen MR) is 47.5 cm³/mol. The van der Waals surface area contributed by atoms with Crippen molar-refractivity contribution in [2.45, 2.75) is 19.3 Å². The molecular formula is C9H10OS. The van der Waals surface area contributed by atoms with Crippen LogP contribution in [-0.2, 0) is 4.79 Å². The molecule has 2 rings (SSSR count). The molecule has 0 N–H and O–H groups in total. The van der Waals surface area contributed by atoms with Crippen LogP contribution in [0.3, 0.4) is 0 Å². The van der Waals surface area contributed by atoms with Gasteiger partial charge in [-0.15, -0.1) is 11.8 Å². The molecule has 0 saturated carbocycles. The van der Waals surface area contributed by atoms with E-state index in [1.807, 2.05) is 6.08 Å². The van der Waals surface area contributed by atoms with Gasteiger partial charge in [0.15, 0.2) is 5.78 Å². The zero-order valence-corrected chi connectivity index (χ0v) is 7.33. The van der Waals surface area contributed by atoms with E-state index in [1.54, 1.807) is 11.8 Å². The van der Waals surface area contributed by atoms with Crippen LogP contribution in [0.4, 0.5) is 0 Å². The summed E-state index contributed by atoms with van der Waals surface area (Å²) < 4.78 is 0. The topological polar surface area (TPSA) is 17.1 Å². The van der Waals surface area contributed by atoms with E-state index in [4.69, 9.17) is 0 Å². The molecule has 0 unspecified atom stereocenters. The Bertz CT molecular complexity index is 273. The summed E-state index contributed by atoms with van der Waals surface area (Å²) >= 11 is 1.80. The van der Waals surface area contributed by atoms with Crippen molar-refractivity contribution < 1.29 is 4.79 Å². The molecule has 2 aliphatic rings. The van der Waals surface area contributed by atoms with Crippen LogP contribution in [0.5, 0.6) is 0 Å². The van der Waals surface area contributed by atoms with E-state index in [0.717, 1.165) is 12.8 Å². The van der Waals surface area contributed by atoms with Gasteiger partial charge >= 0.3 is 0 Å². The van der Waals surface area contributed by atoms with Crippen molar-refractivity contribution in [1.29, 1.82) is 0 Å². The number of hydrogen-bond donors (Lipinski definition) is 0. The largest absolute Gasteiger partial charge is 0.294 e. The first-order valence-corrected chi connectivity index (χ1v) is 5.03. The third kappa shape index (κ3) is 1.06. The van der Waals surface area contributed by atoms with Crippen molar-refractivity contribution in [2.75, 3.05) is 6.26 Å². The highest BCUT2D eigenvalue weighted by Crippen LogP contribution is 2.41. The van der Waals surface area contributed by atoms with E-state index < -0.39 is 0 Å². The average Bonchev–Trinajstić information content (AvgIpc) is 2.45. The van der Waals surface area contributed by atoms with Crippen LogP contribution in [0.25, 0.3) is 0 Å². The zero-order valence-electron chi connectivity index (χ0n) is 6.52. The van der Waals surface area contributed by atoms with Crippen molar-refractivity contribution in [3.05, 3.63) is 22.1 Å². The van der Waals surface area contributed by atoms with Gasteiger partial charge in [-0.1, -0.05) is 0 Å². The van der Waals surface area contributed by atoms with Gasteiger partial charge in [-0.05, 0) is 41.2 Å².